The van der Waals surface area contributed by atoms with Crippen molar-refractivity contribution in [2.75, 3.05) is 0 Å². The van der Waals surface area contributed by atoms with Crippen LogP contribution in [0.25, 0.3) is 0 Å². The van der Waals surface area contributed by atoms with E-state index < -0.39 is 22.4 Å². The lowest BCUT2D eigenvalue weighted by molar-refractivity contribution is 0.275. The highest BCUT2D eigenvalue weighted by atomic mass is 32.2. The summed E-state index contributed by atoms with van der Waals surface area (Å²) in [5.74, 6) is -0.604. The maximum absolute atomic E-state index is 13.3. The normalized spacial score (nSPS) is 13.3. The van der Waals surface area contributed by atoms with Gasteiger partial charge in [0.2, 0.25) is 10.0 Å². The summed E-state index contributed by atoms with van der Waals surface area (Å²) in [5.41, 5.74) is -0.0153. The lowest BCUT2D eigenvalue weighted by Crippen LogP contribution is -2.34. The molecule has 0 radical (unpaired) electrons. The minimum absolute atomic E-state index is 0.00875. The minimum Gasteiger partial charge on any atom is -0.392 e. The minimum atomic E-state index is -3.69. The molecule has 1 aromatic carbocycles. The van der Waals surface area contributed by atoms with Gasteiger partial charge in [0.25, 0.3) is 0 Å². The molecular weight excluding hydrogens is 293 g/mol. The van der Waals surface area contributed by atoms with Crippen LogP contribution >= 0.6 is 0 Å². The molecule has 0 aromatic heterocycles. The Hall–Kier alpha value is -0.980. The third kappa shape index (κ3) is 5.37. The Morgan fingerprint density at radius 3 is 2.52 bits per heavy atom. The van der Waals surface area contributed by atoms with Crippen molar-refractivity contribution in [1.29, 1.82) is 0 Å². The fourth-order valence-corrected chi connectivity index (χ4v) is 3.54. The predicted molar refractivity (Wildman–Crippen MR) is 80.9 cm³/mol. The summed E-state index contributed by atoms with van der Waals surface area (Å²) in [6, 6.07) is 3.36. The first-order chi connectivity index (χ1) is 9.94. The molecule has 0 amide bonds. The van der Waals surface area contributed by atoms with E-state index in [-0.39, 0.29) is 16.5 Å². The summed E-state index contributed by atoms with van der Waals surface area (Å²) in [6.45, 7) is 3.55. The van der Waals surface area contributed by atoms with Gasteiger partial charge in [-0.25, -0.2) is 17.5 Å². The molecule has 1 unspecified atom stereocenters. The molecule has 2 N–H and O–H groups in total. The van der Waals surface area contributed by atoms with Crippen LogP contribution in [0, 0.1) is 5.82 Å². The van der Waals surface area contributed by atoms with Gasteiger partial charge in [-0.1, -0.05) is 33.1 Å². The Labute approximate surface area is 126 Å². The number of halogens is 1. The lowest BCUT2D eigenvalue weighted by atomic mass is 10.1. The summed E-state index contributed by atoms with van der Waals surface area (Å²) in [4.78, 5) is -0.00875. The highest BCUT2D eigenvalue weighted by molar-refractivity contribution is 7.89. The number of rotatable bonds is 9. The fraction of sp³-hybridized carbons (Fsp3) is 0.600. The first-order valence-corrected chi connectivity index (χ1v) is 8.84. The average Bonchev–Trinajstić information content (AvgIpc) is 2.45. The number of unbranched alkanes of at least 4 members (excludes halogenated alkanes) is 1. The van der Waals surface area contributed by atoms with Crippen LogP contribution < -0.4 is 4.72 Å². The third-order valence-electron chi connectivity index (χ3n) is 3.36. The van der Waals surface area contributed by atoms with Crippen molar-refractivity contribution >= 4 is 10.0 Å². The van der Waals surface area contributed by atoms with E-state index >= 15 is 0 Å². The van der Waals surface area contributed by atoms with Gasteiger partial charge in [-0.05, 0) is 31.0 Å². The number of aliphatic hydroxyl groups excluding tert-OH is 1. The zero-order chi connectivity index (χ0) is 15.9. The van der Waals surface area contributed by atoms with Crippen LogP contribution in [0.2, 0.25) is 0 Å². The van der Waals surface area contributed by atoms with Gasteiger partial charge in [0, 0.05) is 11.6 Å². The number of hydrogen-bond acceptors (Lipinski definition) is 3. The molecule has 0 saturated heterocycles. The number of hydrogen-bond donors (Lipinski definition) is 2. The van der Waals surface area contributed by atoms with Crippen molar-refractivity contribution in [2.45, 2.75) is 63.5 Å². The maximum atomic E-state index is 13.3. The van der Waals surface area contributed by atoms with E-state index in [4.69, 9.17) is 5.11 Å². The molecule has 0 heterocycles. The maximum Gasteiger partial charge on any atom is 0.240 e. The molecule has 6 heteroatoms. The first kappa shape index (κ1) is 18.1. The Morgan fingerprint density at radius 2 is 1.95 bits per heavy atom. The lowest BCUT2D eigenvalue weighted by Gasteiger charge is -2.18. The molecule has 0 saturated carbocycles. The van der Waals surface area contributed by atoms with Crippen LogP contribution in [0.5, 0.6) is 0 Å². The van der Waals surface area contributed by atoms with Crippen LogP contribution in [0.4, 0.5) is 4.39 Å². The van der Waals surface area contributed by atoms with E-state index in [2.05, 4.69) is 11.6 Å². The second kappa shape index (κ2) is 8.46. The van der Waals surface area contributed by atoms with E-state index in [1.807, 2.05) is 6.92 Å². The van der Waals surface area contributed by atoms with Crippen LogP contribution in [0.15, 0.2) is 23.1 Å². The second-order valence-corrected chi connectivity index (χ2v) is 6.87. The van der Waals surface area contributed by atoms with Gasteiger partial charge in [0.1, 0.15) is 5.82 Å². The standard InChI is InChI=1S/C15H24FNO3S/c1-3-5-7-13(6-4-2)17-21(19,20)14-8-9-15(16)12(10-14)11-18/h8-10,13,17-18H,3-7,11H2,1-2H3. The summed E-state index contributed by atoms with van der Waals surface area (Å²) in [6.07, 6.45) is 4.42. The van der Waals surface area contributed by atoms with E-state index in [1.54, 1.807) is 0 Å². The Morgan fingerprint density at radius 1 is 1.24 bits per heavy atom. The monoisotopic (exact) mass is 317 g/mol. The second-order valence-electron chi connectivity index (χ2n) is 5.16. The quantitative estimate of drug-likeness (QED) is 0.736. The Balaban J connectivity index is 2.93. The highest BCUT2D eigenvalue weighted by Gasteiger charge is 2.20. The van der Waals surface area contributed by atoms with Gasteiger partial charge in [0.15, 0.2) is 0 Å². The van der Waals surface area contributed by atoms with E-state index in [1.165, 1.54) is 12.1 Å². The molecule has 0 spiro atoms. The summed E-state index contributed by atoms with van der Waals surface area (Å²) in [5, 5.41) is 9.04. The van der Waals surface area contributed by atoms with E-state index in [0.717, 1.165) is 38.2 Å². The summed E-state index contributed by atoms with van der Waals surface area (Å²) >= 11 is 0. The van der Waals surface area contributed by atoms with Crippen LogP contribution in [-0.2, 0) is 16.6 Å². The average molecular weight is 317 g/mol. The number of sulfonamides is 1. The molecule has 0 bridgehead atoms. The van der Waals surface area contributed by atoms with Crippen molar-refractivity contribution in [3.8, 4) is 0 Å². The van der Waals surface area contributed by atoms with E-state index in [0.29, 0.717) is 0 Å². The van der Waals surface area contributed by atoms with Crippen molar-refractivity contribution in [3.05, 3.63) is 29.6 Å². The molecule has 0 aliphatic heterocycles. The number of nitrogens with one attached hydrogen (secondary N) is 1. The molecule has 4 nitrogen and oxygen atoms in total. The van der Waals surface area contributed by atoms with Crippen LogP contribution in [0.1, 0.15) is 51.5 Å². The van der Waals surface area contributed by atoms with Crippen molar-refractivity contribution in [2.24, 2.45) is 0 Å². The smallest absolute Gasteiger partial charge is 0.240 e. The van der Waals surface area contributed by atoms with Crippen molar-refractivity contribution in [1.82, 2.24) is 4.72 Å². The molecule has 1 atom stereocenters. The predicted octanol–water partition coefficient (Wildman–Crippen LogP) is 2.96. The largest absolute Gasteiger partial charge is 0.392 e. The van der Waals surface area contributed by atoms with Gasteiger partial charge >= 0.3 is 0 Å². The van der Waals surface area contributed by atoms with Gasteiger partial charge in [0.05, 0.1) is 11.5 Å². The third-order valence-corrected chi connectivity index (χ3v) is 4.88. The summed E-state index contributed by atoms with van der Waals surface area (Å²) in [7, 11) is -3.69. The zero-order valence-corrected chi connectivity index (χ0v) is 13.4. The molecule has 21 heavy (non-hydrogen) atoms. The topological polar surface area (TPSA) is 66.4 Å². The van der Waals surface area contributed by atoms with Gasteiger partial charge in [-0.15, -0.1) is 0 Å². The molecular formula is C15H24FNO3S. The van der Waals surface area contributed by atoms with Gasteiger partial charge in [-0.3, -0.25) is 0 Å². The highest BCUT2D eigenvalue weighted by Crippen LogP contribution is 2.17. The Bertz CT molecular complexity index is 546. The zero-order valence-electron chi connectivity index (χ0n) is 12.6. The molecule has 120 valence electrons. The molecule has 1 aromatic rings. The van der Waals surface area contributed by atoms with E-state index in [9.17, 15) is 12.8 Å². The van der Waals surface area contributed by atoms with Crippen LogP contribution in [0.3, 0.4) is 0 Å². The van der Waals surface area contributed by atoms with Crippen molar-refractivity contribution in [3.63, 3.8) is 0 Å². The molecule has 0 fully saturated rings. The number of aliphatic hydroxyl groups is 1. The molecule has 1 rings (SSSR count). The first-order valence-electron chi connectivity index (χ1n) is 7.36. The van der Waals surface area contributed by atoms with Gasteiger partial charge in [-0.2, -0.15) is 0 Å². The fourth-order valence-electron chi connectivity index (χ4n) is 2.19. The molecule has 0 aliphatic carbocycles. The SMILES string of the molecule is CCCCC(CCC)NS(=O)(=O)c1ccc(F)c(CO)c1. The summed E-state index contributed by atoms with van der Waals surface area (Å²) < 4.78 is 40.7. The molecule has 0 aliphatic rings. The van der Waals surface area contributed by atoms with Crippen molar-refractivity contribution < 1.29 is 17.9 Å². The Kier molecular flexibility index (Phi) is 7.28. The number of benzene rings is 1. The van der Waals surface area contributed by atoms with Gasteiger partial charge < -0.3 is 5.11 Å². The van der Waals surface area contributed by atoms with Crippen LogP contribution in [-0.4, -0.2) is 19.6 Å².